The predicted octanol–water partition coefficient (Wildman–Crippen LogP) is 4.26. The summed E-state index contributed by atoms with van der Waals surface area (Å²) >= 11 is 0. The molecule has 20 heavy (non-hydrogen) atoms. The average molecular weight is 266 g/mol. The van der Waals surface area contributed by atoms with Gasteiger partial charge in [0.15, 0.2) is 5.58 Å². The molecular weight excluding hydrogens is 255 g/mol. The summed E-state index contributed by atoms with van der Waals surface area (Å²) < 4.78 is 18.3. The number of hydrogen-bond acceptors (Lipinski definition) is 3. The third-order valence-electron chi connectivity index (χ3n) is 3.31. The van der Waals surface area contributed by atoms with E-state index in [1.54, 1.807) is 12.1 Å². The van der Waals surface area contributed by atoms with Crippen LogP contribution in [0.15, 0.2) is 47.0 Å². The Balaban J connectivity index is 2.11. The molecule has 0 amide bonds. The number of fused-ring (bicyclic) bond motifs is 1. The molecule has 1 heterocycles. The van der Waals surface area contributed by atoms with E-state index in [1.165, 1.54) is 12.1 Å². The number of nitriles is 1. The zero-order chi connectivity index (χ0) is 14.1. The summed E-state index contributed by atoms with van der Waals surface area (Å²) in [5.41, 5.74) is 2.99. The van der Waals surface area contributed by atoms with E-state index in [1.807, 2.05) is 25.1 Å². The number of nitrogens with zero attached hydrogens (tertiary/aromatic N) is 2. The molecule has 0 N–H and O–H groups in total. The maximum Gasteiger partial charge on any atom is 0.167 e. The largest absolute Gasteiger partial charge is 0.356 e. The normalized spacial score (nSPS) is 12.2. The first kappa shape index (κ1) is 12.4. The smallest absolute Gasteiger partial charge is 0.167 e. The molecule has 0 saturated carbocycles. The van der Waals surface area contributed by atoms with E-state index in [9.17, 15) is 4.39 Å². The molecule has 3 rings (SSSR count). The Hall–Kier alpha value is -2.67. The van der Waals surface area contributed by atoms with Crippen molar-refractivity contribution in [3.63, 3.8) is 0 Å². The van der Waals surface area contributed by atoms with Gasteiger partial charge in [-0.3, -0.25) is 0 Å². The summed E-state index contributed by atoms with van der Waals surface area (Å²) in [7, 11) is 0. The van der Waals surface area contributed by atoms with Crippen molar-refractivity contribution >= 4 is 11.0 Å². The molecule has 98 valence electrons. The van der Waals surface area contributed by atoms with Crippen molar-refractivity contribution < 1.29 is 8.91 Å². The molecule has 2 aromatic carbocycles. The van der Waals surface area contributed by atoms with Crippen molar-refractivity contribution in [2.45, 2.75) is 12.8 Å². The lowest BCUT2D eigenvalue weighted by Gasteiger charge is -2.01. The number of hydrogen-bond donors (Lipinski definition) is 0. The van der Waals surface area contributed by atoms with Gasteiger partial charge in [0.25, 0.3) is 0 Å². The van der Waals surface area contributed by atoms with Crippen molar-refractivity contribution in [3.05, 3.63) is 53.8 Å². The van der Waals surface area contributed by atoms with Gasteiger partial charge >= 0.3 is 0 Å². The van der Waals surface area contributed by atoms with Gasteiger partial charge in [-0.2, -0.15) is 5.26 Å². The number of rotatable bonds is 2. The first-order chi connectivity index (χ1) is 9.69. The van der Waals surface area contributed by atoms with Crippen molar-refractivity contribution in [1.29, 1.82) is 5.26 Å². The average Bonchev–Trinajstić information content (AvgIpc) is 2.90. The number of halogens is 1. The maximum atomic E-state index is 12.9. The van der Waals surface area contributed by atoms with Crippen LogP contribution >= 0.6 is 0 Å². The van der Waals surface area contributed by atoms with Crippen LogP contribution in [0.1, 0.15) is 18.4 Å². The van der Waals surface area contributed by atoms with Crippen LogP contribution in [0.4, 0.5) is 4.39 Å². The first-order valence-electron chi connectivity index (χ1n) is 6.24. The minimum Gasteiger partial charge on any atom is -0.356 e. The van der Waals surface area contributed by atoms with E-state index in [0.717, 1.165) is 16.5 Å². The molecule has 0 bridgehead atoms. The lowest BCUT2D eigenvalue weighted by atomic mass is 10.00. The van der Waals surface area contributed by atoms with Crippen molar-refractivity contribution in [3.8, 4) is 17.3 Å². The molecule has 1 aromatic heterocycles. The van der Waals surface area contributed by atoms with Crippen LogP contribution < -0.4 is 0 Å². The highest BCUT2D eigenvalue weighted by molar-refractivity contribution is 5.91. The van der Waals surface area contributed by atoms with E-state index >= 15 is 0 Å². The number of aromatic nitrogens is 1. The fourth-order valence-electron chi connectivity index (χ4n) is 2.11. The van der Waals surface area contributed by atoms with Gasteiger partial charge < -0.3 is 4.52 Å². The fraction of sp³-hybridized carbons (Fsp3) is 0.125. The minimum atomic E-state index is -0.285. The highest BCUT2D eigenvalue weighted by atomic mass is 19.1. The monoisotopic (exact) mass is 266 g/mol. The van der Waals surface area contributed by atoms with E-state index in [2.05, 4.69) is 11.2 Å². The van der Waals surface area contributed by atoms with Crippen LogP contribution in [-0.4, -0.2) is 5.16 Å². The first-order valence-corrected chi connectivity index (χ1v) is 6.24. The zero-order valence-corrected chi connectivity index (χ0v) is 10.8. The van der Waals surface area contributed by atoms with Gasteiger partial charge in [-0.15, -0.1) is 0 Å². The van der Waals surface area contributed by atoms with Gasteiger partial charge in [0.2, 0.25) is 0 Å². The summed E-state index contributed by atoms with van der Waals surface area (Å²) in [6.07, 6.45) is 0. The molecular formula is C16H11FN2O. The Morgan fingerprint density at radius 1 is 1.20 bits per heavy atom. The van der Waals surface area contributed by atoms with Gasteiger partial charge in [0.1, 0.15) is 11.5 Å². The number of benzene rings is 2. The van der Waals surface area contributed by atoms with E-state index in [-0.39, 0.29) is 11.7 Å². The molecule has 1 unspecified atom stereocenters. The summed E-state index contributed by atoms with van der Waals surface area (Å²) in [5, 5.41) is 13.8. The highest BCUT2D eigenvalue weighted by Crippen LogP contribution is 2.30. The van der Waals surface area contributed by atoms with Crippen LogP contribution in [0, 0.1) is 17.1 Å². The Morgan fingerprint density at radius 3 is 2.65 bits per heavy atom. The van der Waals surface area contributed by atoms with Gasteiger partial charge in [0.05, 0.1) is 12.0 Å². The second-order valence-electron chi connectivity index (χ2n) is 4.64. The molecule has 4 heteroatoms. The van der Waals surface area contributed by atoms with E-state index in [4.69, 9.17) is 9.78 Å². The molecule has 0 radical (unpaired) electrons. The van der Waals surface area contributed by atoms with E-state index in [0.29, 0.717) is 11.3 Å². The maximum absolute atomic E-state index is 12.9. The van der Waals surface area contributed by atoms with Crippen LogP contribution in [0.25, 0.3) is 22.2 Å². The quantitative estimate of drug-likeness (QED) is 0.696. The SMILES string of the molecule is CC(C#N)c1ccc2c(-c3ccc(F)cc3)noc2c1. The highest BCUT2D eigenvalue weighted by Gasteiger charge is 2.13. The molecule has 0 spiro atoms. The van der Waals surface area contributed by atoms with E-state index < -0.39 is 0 Å². The van der Waals surface area contributed by atoms with Crippen molar-refractivity contribution in [2.75, 3.05) is 0 Å². The third kappa shape index (κ3) is 2.04. The van der Waals surface area contributed by atoms with Crippen LogP contribution in [0.3, 0.4) is 0 Å². The van der Waals surface area contributed by atoms with Crippen molar-refractivity contribution in [1.82, 2.24) is 5.16 Å². The Morgan fingerprint density at radius 2 is 1.95 bits per heavy atom. The Kier molecular flexibility index (Phi) is 2.96. The molecule has 3 nitrogen and oxygen atoms in total. The molecule has 0 aliphatic heterocycles. The molecule has 3 aromatic rings. The zero-order valence-electron chi connectivity index (χ0n) is 10.8. The van der Waals surface area contributed by atoms with Gasteiger partial charge in [-0.05, 0) is 48.9 Å². The second kappa shape index (κ2) is 4.78. The van der Waals surface area contributed by atoms with Crippen LogP contribution in [-0.2, 0) is 0 Å². The summed E-state index contributed by atoms with van der Waals surface area (Å²) in [5.74, 6) is -0.481. The standard InChI is InChI=1S/C16H11FN2O/c1-10(9-18)12-4-7-14-15(8-12)20-19-16(14)11-2-5-13(17)6-3-11/h2-8,10H,1H3. The molecule has 0 aliphatic carbocycles. The molecule has 0 aliphatic rings. The van der Waals surface area contributed by atoms with Gasteiger partial charge in [-0.1, -0.05) is 11.2 Å². The third-order valence-corrected chi connectivity index (χ3v) is 3.31. The molecule has 1 atom stereocenters. The van der Waals surface area contributed by atoms with Gasteiger partial charge in [-0.25, -0.2) is 4.39 Å². The Labute approximate surface area is 115 Å². The fourth-order valence-corrected chi connectivity index (χ4v) is 2.11. The summed E-state index contributed by atoms with van der Waals surface area (Å²) in [4.78, 5) is 0. The lowest BCUT2D eigenvalue weighted by Crippen LogP contribution is -1.88. The summed E-state index contributed by atoms with van der Waals surface area (Å²) in [6, 6.07) is 13.9. The Bertz CT molecular complexity index is 799. The molecule has 0 saturated heterocycles. The predicted molar refractivity (Wildman–Crippen MR) is 73.4 cm³/mol. The summed E-state index contributed by atoms with van der Waals surface area (Å²) in [6.45, 7) is 1.83. The van der Waals surface area contributed by atoms with Crippen molar-refractivity contribution in [2.24, 2.45) is 0 Å². The minimum absolute atomic E-state index is 0.196. The lowest BCUT2D eigenvalue weighted by molar-refractivity contribution is 0.459. The van der Waals surface area contributed by atoms with Crippen LogP contribution in [0.5, 0.6) is 0 Å². The topological polar surface area (TPSA) is 49.8 Å². The van der Waals surface area contributed by atoms with Crippen LogP contribution in [0.2, 0.25) is 0 Å². The van der Waals surface area contributed by atoms with Gasteiger partial charge in [0, 0.05) is 10.9 Å². The molecule has 0 fully saturated rings. The second-order valence-corrected chi connectivity index (χ2v) is 4.64.